The van der Waals surface area contributed by atoms with Gasteiger partial charge in [0.25, 0.3) is 0 Å². The molecule has 0 aromatic heterocycles. The number of hydrogen-bond donors (Lipinski definition) is 2. The molecular weight excluding hydrogens is 274 g/mol. The summed E-state index contributed by atoms with van der Waals surface area (Å²) in [7, 11) is 0. The maximum Gasteiger partial charge on any atom is 0.232 e. The van der Waals surface area contributed by atoms with Crippen LogP contribution >= 0.6 is 24.2 Å². The van der Waals surface area contributed by atoms with Gasteiger partial charge in [-0.15, -0.1) is 24.2 Å². The quantitative estimate of drug-likeness (QED) is 0.429. The number of alkyl halides is 1. The third-order valence-electron chi connectivity index (χ3n) is 2.69. The molecule has 0 aromatic carbocycles. The zero-order valence-corrected chi connectivity index (χ0v) is 12.7. The van der Waals surface area contributed by atoms with Crippen molar-refractivity contribution in [1.29, 1.82) is 0 Å². The maximum absolute atomic E-state index is 12.1. The Kier molecular flexibility index (Phi) is 8.65. The normalized spacial score (nSPS) is 15.9. The molecule has 0 radical (unpaired) electrons. The highest BCUT2D eigenvalue weighted by molar-refractivity contribution is 7.80. The van der Waals surface area contributed by atoms with Gasteiger partial charge in [0.05, 0.1) is 6.54 Å². The largest absolute Gasteiger partial charge is 0.381 e. The molecule has 1 N–H and O–H groups in total. The van der Waals surface area contributed by atoms with E-state index in [1.165, 1.54) is 0 Å². The Morgan fingerprint density at radius 2 is 1.94 bits per heavy atom. The van der Waals surface area contributed by atoms with Crippen LogP contribution in [0.5, 0.6) is 0 Å². The second-order valence-corrected chi connectivity index (χ2v) is 5.53. The van der Waals surface area contributed by atoms with Gasteiger partial charge in [0.2, 0.25) is 11.8 Å². The van der Waals surface area contributed by atoms with E-state index < -0.39 is 5.44 Å². The molecule has 0 aromatic rings. The number of rotatable bonds is 7. The minimum Gasteiger partial charge on any atom is -0.381 e. The van der Waals surface area contributed by atoms with Crippen molar-refractivity contribution in [3.63, 3.8) is 0 Å². The third kappa shape index (κ3) is 6.07. The highest BCUT2D eigenvalue weighted by atomic mass is 35.5. The van der Waals surface area contributed by atoms with Gasteiger partial charge in [0.15, 0.2) is 0 Å². The van der Waals surface area contributed by atoms with Crippen LogP contribution in [0.4, 0.5) is 0 Å². The number of thiol groups is 1. The van der Waals surface area contributed by atoms with Crippen molar-refractivity contribution in [1.82, 2.24) is 4.90 Å². The first-order valence-electron chi connectivity index (χ1n) is 6.17. The number of aliphatic hydroxyl groups excluding tert-OH is 1. The summed E-state index contributed by atoms with van der Waals surface area (Å²) in [4.78, 5) is 24.9. The molecule has 0 fully saturated rings. The van der Waals surface area contributed by atoms with Crippen LogP contribution in [-0.2, 0) is 9.59 Å². The van der Waals surface area contributed by atoms with Crippen molar-refractivity contribution in [3.05, 3.63) is 0 Å². The number of nitrogens with zero attached hydrogens (tertiary/aromatic N) is 1. The topological polar surface area (TPSA) is 57.6 Å². The van der Waals surface area contributed by atoms with E-state index >= 15 is 0 Å². The summed E-state index contributed by atoms with van der Waals surface area (Å²) in [5.41, 5.74) is -1.02. The number of imide groups is 1. The molecule has 6 heteroatoms. The van der Waals surface area contributed by atoms with Crippen LogP contribution in [0.2, 0.25) is 0 Å². The summed E-state index contributed by atoms with van der Waals surface area (Å²) in [6.07, 6.45) is 1.51. The lowest BCUT2D eigenvalue weighted by molar-refractivity contribution is -0.148. The summed E-state index contributed by atoms with van der Waals surface area (Å²) >= 11 is 9.81. The van der Waals surface area contributed by atoms with Crippen molar-refractivity contribution >= 4 is 36.0 Å². The van der Waals surface area contributed by atoms with Gasteiger partial charge < -0.3 is 5.11 Å². The molecule has 0 heterocycles. The van der Waals surface area contributed by atoms with Crippen LogP contribution in [0, 0.1) is 5.92 Å². The van der Waals surface area contributed by atoms with Gasteiger partial charge in [-0.2, -0.15) is 0 Å². The molecule has 0 aliphatic carbocycles. The fourth-order valence-electron chi connectivity index (χ4n) is 1.59. The Bertz CT molecular complexity index is 286. The highest BCUT2D eigenvalue weighted by Crippen LogP contribution is 2.17. The highest BCUT2D eigenvalue weighted by Gasteiger charge is 2.27. The number of aliphatic hydroxyl groups is 1. The van der Waals surface area contributed by atoms with Crippen molar-refractivity contribution in [2.45, 2.75) is 50.8 Å². The Balaban J connectivity index is 4.68. The van der Waals surface area contributed by atoms with Crippen LogP contribution in [0.3, 0.4) is 0 Å². The van der Waals surface area contributed by atoms with Crippen molar-refractivity contribution in [2.24, 2.45) is 5.92 Å². The molecule has 0 spiro atoms. The second-order valence-electron chi connectivity index (χ2n) is 4.32. The maximum atomic E-state index is 12.1. The lowest BCUT2D eigenvalue weighted by Crippen LogP contribution is -2.43. The summed E-state index contributed by atoms with van der Waals surface area (Å²) in [5, 5.41) is 9.14. The molecule has 18 heavy (non-hydrogen) atoms. The smallest absolute Gasteiger partial charge is 0.232 e. The lowest BCUT2D eigenvalue weighted by atomic mass is 10.0. The third-order valence-corrected chi connectivity index (χ3v) is 3.34. The minimum absolute atomic E-state index is 0.0801. The average molecular weight is 296 g/mol. The summed E-state index contributed by atoms with van der Waals surface area (Å²) < 4.78 is 0. The lowest BCUT2D eigenvalue weighted by Gasteiger charge is -2.25. The van der Waals surface area contributed by atoms with Crippen LogP contribution in [0.25, 0.3) is 0 Å². The molecule has 0 rings (SSSR count). The molecule has 0 bridgehead atoms. The molecule has 2 amide bonds. The van der Waals surface area contributed by atoms with E-state index in [-0.39, 0.29) is 36.1 Å². The Morgan fingerprint density at radius 3 is 2.33 bits per heavy atom. The number of halogens is 1. The average Bonchev–Trinajstić information content (AvgIpc) is 2.33. The van der Waals surface area contributed by atoms with Gasteiger partial charge in [0, 0.05) is 17.7 Å². The standard InChI is InChI=1S/C12H22ClNO3S/c1-4-9(13)6-8(3)12(17)14(7-11(16)18)10(15)5-2/h8-9,11,16,18H,4-7H2,1-3H3/t8-,9?,11+/m0/s1. The van der Waals surface area contributed by atoms with E-state index in [0.29, 0.717) is 6.42 Å². The molecule has 3 atom stereocenters. The zero-order chi connectivity index (χ0) is 14.3. The van der Waals surface area contributed by atoms with E-state index in [1.807, 2.05) is 6.92 Å². The SMILES string of the molecule is CCC(=O)N(C[C@H](O)S)C(=O)[C@@H](C)CC(Cl)CC. The fourth-order valence-corrected chi connectivity index (χ4v) is 2.02. The van der Waals surface area contributed by atoms with Crippen LogP contribution in [0.1, 0.15) is 40.0 Å². The van der Waals surface area contributed by atoms with E-state index in [0.717, 1.165) is 11.3 Å². The van der Waals surface area contributed by atoms with Gasteiger partial charge in [-0.3, -0.25) is 14.5 Å². The Morgan fingerprint density at radius 1 is 1.39 bits per heavy atom. The van der Waals surface area contributed by atoms with Crippen molar-refractivity contribution < 1.29 is 14.7 Å². The summed E-state index contributed by atoms with van der Waals surface area (Å²) in [5.74, 6) is -0.938. The van der Waals surface area contributed by atoms with Crippen LogP contribution in [0.15, 0.2) is 0 Å². The van der Waals surface area contributed by atoms with Gasteiger partial charge in [-0.1, -0.05) is 20.8 Å². The first-order chi connectivity index (χ1) is 8.33. The molecule has 0 saturated heterocycles. The predicted molar refractivity (Wildman–Crippen MR) is 75.7 cm³/mol. The van der Waals surface area contributed by atoms with Crippen LogP contribution < -0.4 is 0 Å². The predicted octanol–water partition coefficient (Wildman–Crippen LogP) is 2.04. The molecular formula is C12H22ClNO3S. The van der Waals surface area contributed by atoms with E-state index in [1.54, 1.807) is 13.8 Å². The van der Waals surface area contributed by atoms with Gasteiger partial charge in [-0.05, 0) is 12.8 Å². The van der Waals surface area contributed by atoms with Crippen LogP contribution in [-0.4, -0.2) is 39.2 Å². The van der Waals surface area contributed by atoms with E-state index in [9.17, 15) is 14.7 Å². The monoisotopic (exact) mass is 295 g/mol. The molecule has 4 nitrogen and oxygen atoms in total. The van der Waals surface area contributed by atoms with Gasteiger partial charge >= 0.3 is 0 Å². The van der Waals surface area contributed by atoms with E-state index in [4.69, 9.17) is 11.6 Å². The van der Waals surface area contributed by atoms with Crippen molar-refractivity contribution in [3.8, 4) is 0 Å². The summed E-state index contributed by atoms with van der Waals surface area (Å²) in [6.45, 7) is 5.28. The van der Waals surface area contributed by atoms with Gasteiger partial charge in [-0.25, -0.2) is 0 Å². The number of hydrogen-bond acceptors (Lipinski definition) is 4. The molecule has 106 valence electrons. The molecule has 0 aliphatic heterocycles. The van der Waals surface area contributed by atoms with E-state index in [2.05, 4.69) is 12.6 Å². The summed E-state index contributed by atoms with van der Waals surface area (Å²) in [6, 6.07) is 0. The Labute approximate surface area is 119 Å². The number of amides is 2. The molecule has 0 aliphatic rings. The van der Waals surface area contributed by atoms with Gasteiger partial charge in [0.1, 0.15) is 5.44 Å². The first kappa shape index (κ1) is 17.7. The number of carbonyl (C=O) groups is 2. The first-order valence-corrected chi connectivity index (χ1v) is 7.13. The minimum atomic E-state index is -1.02. The molecule has 0 saturated carbocycles. The van der Waals surface area contributed by atoms with Crippen molar-refractivity contribution in [2.75, 3.05) is 6.54 Å². The fraction of sp³-hybridized carbons (Fsp3) is 0.833. The Hall–Kier alpha value is -0.260. The molecule has 1 unspecified atom stereocenters. The number of carbonyl (C=O) groups excluding carboxylic acids is 2. The second kappa shape index (κ2) is 8.77. The zero-order valence-electron chi connectivity index (χ0n) is 11.1.